The Morgan fingerprint density at radius 2 is 1.80 bits per heavy atom. The van der Waals surface area contributed by atoms with Gasteiger partial charge in [-0.3, -0.25) is 24.1 Å². The van der Waals surface area contributed by atoms with Crippen LogP contribution in [0.1, 0.15) is 31.2 Å². The van der Waals surface area contributed by atoms with Crippen LogP contribution in [0.15, 0.2) is 70.8 Å². The number of aromatic hydroxyl groups is 1. The van der Waals surface area contributed by atoms with Crippen molar-refractivity contribution in [2.45, 2.75) is 25.7 Å². The van der Waals surface area contributed by atoms with Gasteiger partial charge in [-0.1, -0.05) is 35.4 Å². The molecule has 0 unspecified atom stereocenters. The number of phenols is 1. The van der Waals surface area contributed by atoms with Gasteiger partial charge in [-0.15, -0.1) is 0 Å². The predicted molar refractivity (Wildman–Crippen MR) is 150 cm³/mol. The number of hydrogen-bond donors (Lipinski definition) is 3. The molecule has 1 saturated heterocycles. The smallest absolute Gasteiger partial charge is 0.488 e. The van der Waals surface area contributed by atoms with E-state index in [1.807, 2.05) is 6.08 Å². The Bertz CT molecular complexity index is 1660. The zero-order valence-electron chi connectivity index (χ0n) is 22.1. The van der Waals surface area contributed by atoms with E-state index in [0.29, 0.717) is 22.3 Å². The van der Waals surface area contributed by atoms with Crippen LogP contribution in [0.4, 0.5) is 5.69 Å². The van der Waals surface area contributed by atoms with E-state index in [4.69, 9.17) is 16.3 Å². The van der Waals surface area contributed by atoms with E-state index in [2.05, 4.69) is 0 Å². The molecule has 9 nitrogen and oxygen atoms in total. The molecule has 0 spiro atoms. The average molecular weight is 574 g/mol. The number of halogens is 1. The van der Waals surface area contributed by atoms with Crippen LogP contribution >= 0.6 is 11.6 Å². The minimum Gasteiger partial charge on any atom is -0.503 e. The molecule has 4 atom stereocenters. The number of hydrogen-bond acceptors (Lipinski definition) is 8. The molecule has 2 aromatic carbocycles. The fraction of sp³-hybridized carbons (Fsp3) is 0.267. The van der Waals surface area contributed by atoms with Crippen LogP contribution < -0.4 is 15.1 Å². The Kier molecular flexibility index (Phi) is 6.52. The summed E-state index contributed by atoms with van der Waals surface area (Å²) >= 11 is 6.34. The number of imide groups is 1. The van der Waals surface area contributed by atoms with Crippen LogP contribution in [0.3, 0.4) is 0 Å². The van der Waals surface area contributed by atoms with Crippen LogP contribution in [-0.2, 0) is 19.2 Å². The molecule has 11 heteroatoms. The number of fused-ring (bicyclic) bond motifs is 3. The molecule has 0 bridgehead atoms. The van der Waals surface area contributed by atoms with Crippen molar-refractivity contribution in [3.63, 3.8) is 0 Å². The normalized spacial score (nSPS) is 25.4. The monoisotopic (exact) mass is 573 g/mol. The number of methoxy groups -OCH3 is 1. The summed E-state index contributed by atoms with van der Waals surface area (Å²) in [4.78, 5) is 55.5. The van der Waals surface area contributed by atoms with Crippen LogP contribution in [0.2, 0.25) is 5.02 Å². The molecule has 0 radical (unpaired) electrons. The second kappa shape index (κ2) is 9.83. The standard InChI is InChI=1S/C30H25BClNO8/c1-13-8-22(34)20-12-19-17(24(26(20)27(13)35)14-9-21(32)28(36)23(10-14)41-2)6-7-18-25(19)30(38)33(29(18)37)16-5-3-4-15(11-16)31(39)40/h3-6,8-11,18-19,24-25,36,39-40H,7,12H2,1-2H3/t18-,19+,24-,25-/m0/s1. The maximum Gasteiger partial charge on any atom is 0.488 e. The third-order valence-electron chi connectivity index (χ3n) is 8.60. The molecule has 6 rings (SSSR count). The molecule has 1 aliphatic heterocycles. The first-order valence-electron chi connectivity index (χ1n) is 13.1. The molecule has 1 fully saturated rings. The van der Waals surface area contributed by atoms with Crippen molar-refractivity contribution in [1.29, 1.82) is 0 Å². The van der Waals surface area contributed by atoms with Crippen molar-refractivity contribution >= 4 is 53.3 Å². The van der Waals surface area contributed by atoms with Gasteiger partial charge in [0.25, 0.3) is 0 Å². The van der Waals surface area contributed by atoms with E-state index in [-0.39, 0.29) is 52.1 Å². The van der Waals surface area contributed by atoms with Crippen LogP contribution in [-0.4, -0.2) is 52.8 Å². The largest absolute Gasteiger partial charge is 0.503 e. The van der Waals surface area contributed by atoms with E-state index >= 15 is 0 Å². The zero-order valence-corrected chi connectivity index (χ0v) is 22.9. The lowest BCUT2D eigenvalue weighted by atomic mass is 9.59. The number of Topliss-reactive ketones (excluding diaryl/α,β-unsaturated/α-hetero) is 1. The van der Waals surface area contributed by atoms with Gasteiger partial charge < -0.3 is 19.9 Å². The molecule has 3 aliphatic carbocycles. The lowest BCUT2D eigenvalue weighted by molar-refractivity contribution is -0.123. The molecule has 1 heterocycles. The highest BCUT2D eigenvalue weighted by molar-refractivity contribution is 6.58. The van der Waals surface area contributed by atoms with E-state index in [0.717, 1.165) is 10.5 Å². The molecule has 3 N–H and O–H groups in total. The lowest BCUT2D eigenvalue weighted by Crippen LogP contribution is -2.40. The first-order valence-corrected chi connectivity index (χ1v) is 13.5. The van der Waals surface area contributed by atoms with Gasteiger partial charge in [-0.25, -0.2) is 0 Å². The minimum absolute atomic E-state index is 0.00371. The third kappa shape index (κ3) is 4.08. The summed E-state index contributed by atoms with van der Waals surface area (Å²) in [5.74, 6) is -4.44. The fourth-order valence-corrected chi connectivity index (χ4v) is 6.95. The minimum atomic E-state index is -1.77. The number of phenolic OH excluding ortho intramolecular Hbond substituents is 1. The highest BCUT2D eigenvalue weighted by Crippen LogP contribution is 2.56. The Morgan fingerprint density at radius 3 is 2.51 bits per heavy atom. The molecule has 208 valence electrons. The number of rotatable bonds is 4. The predicted octanol–water partition coefficient (Wildman–Crippen LogP) is 2.37. The number of carbonyl (C=O) groups excluding carboxylic acids is 4. The highest BCUT2D eigenvalue weighted by Gasteiger charge is 2.56. The number of benzene rings is 2. The topological polar surface area (TPSA) is 141 Å². The second-order valence-corrected chi connectivity index (χ2v) is 11.2. The molecular formula is C30H25BClNO8. The number of carbonyl (C=O) groups is 4. The molecule has 41 heavy (non-hydrogen) atoms. The fourth-order valence-electron chi connectivity index (χ4n) is 6.74. The summed E-state index contributed by atoms with van der Waals surface area (Å²) in [5, 5.41) is 29.6. The molecule has 0 saturated carbocycles. The molecule has 4 aliphatic rings. The SMILES string of the molecule is COc1cc([C@H]2C3=CC[C@@H]4C(=O)N(c5cccc(B(O)O)c5)C(=O)[C@@H]4[C@@H]3CC3=C2C(=O)C(C)=CC3=O)cc(Cl)c1O. The Morgan fingerprint density at radius 1 is 1.05 bits per heavy atom. The van der Waals surface area contributed by atoms with Gasteiger partial charge in [0.05, 0.1) is 29.7 Å². The lowest BCUT2D eigenvalue weighted by Gasteiger charge is -2.42. The number of amides is 2. The first-order chi connectivity index (χ1) is 19.5. The third-order valence-corrected chi connectivity index (χ3v) is 8.88. The van der Waals surface area contributed by atoms with Crippen LogP contribution in [0.5, 0.6) is 11.5 Å². The summed E-state index contributed by atoms with van der Waals surface area (Å²) in [7, 11) is -0.401. The number of allylic oxidation sites excluding steroid dienone is 6. The van der Waals surface area contributed by atoms with Crippen molar-refractivity contribution in [2.24, 2.45) is 17.8 Å². The van der Waals surface area contributed by atoms with Gasteiger partial charge in [0.1, 0.15) is 0 Å². The molecule has 0 aromatic heterocycles. The van der Waals surface area contributed by atoms with E-state index in [9.17, 15) is 34.3 Å². The van der Waals surface area contributed by atoms with Crippen molar-refractivity contribution < 1.29 is 39.1 Å². The van der Waals surface area contributed by atoms with E-state index in [1.54, 1.807) is 19.1 Å². The van der Waals surface area contributed by atoms with Crippen LogP contribution in [0.25, 0.3) is 0 Å². The van der Waals surface area contributed by atoms with Crippen molar-refractivity contribution in [3.8, 4) is 11.5 Å². The maximum absolute atomic E-state index is 14.0. The molecule has 2 aromatic rings. The second-order valence-electron chi connectivity index (χ2n) is 10.8. The van der Waals surface area contributed by atoms with Crippen molar-refractivity contribution in [1.82, 2.24) is 0 Å². The molecule has 2 amide bonds. The van der Waals surface area contributed by atoms with Gasteiger partial charge in [0.2, 0.25) is 11.8 Å². The van der Waals surface area contributed by atoms with E-state index in [1.165, 1.54) is 37.5 Å². The number of anilines is 1. The van der Waals surface area contributed by atoms with Gasteiger partial charge in [0, 0.05) is 22.6 Å². The summed E-state index contributed by atoms with van der Waals surface area (Å²) in [6, 6.07) is 9.04. The average Bonchev–Trinajstić information content (AvgIpc) is 3.21. The Labute approximate surface area is 240 Å². The number of ether oxygens (including phenoxy) is 1. The summed E-state index contributed by atoms with van der Waals surface area (Å²) < 4.78 is 5.31. The number of nitrogens with zero attached hydrogens (tertiary/aromatic N) is 1. The van der Waals surface area contributed by atoms with Crippen molar-refractivity contribution in [2.75, 3.05) is 12.0 Å². The quantitative estimate of drug-likeness (QED) is 0.219. The van der Waals surface area contributed by atoms with Gasteiger partial charge in [-0.2, -0.15) is 0 Å². The zero-order chi connectivity index (χ0) is 29.3. The number of ketones is 2. The van der Waals surface area contributed by atoms with Crippen molar-refractivity contribution in [3.05, 3.63) is 81.4 Å². The van der Waals surface area contributed by atoms with Gasteiger partial charge in [0.15, 0.2) is 23.1 Å². The summed E-state index contributed by atoms with van der Waals surface area (Å²) in [6.07, 6.45) is 3.52. The van der Waals surface area contributed by atoms with Gasteiger partial charge >= 0.3 is 7.12 Å². The Balaban J connectivity index is 1.49. The molecular weight excluding hydrogens is 549 g/mol. The first kappa shape index (κ1) is 27.2. The summed E-state index contributed by atoms with van der Waals surface area (Å²) in [5.41, 5.74) is 2.50. The Hall–Kier alpha value is -3.99. The summed E-state index contributed by atoms with van der Waals surface area (Å²) in [6.45, 7) is 1.58. The van der Waals surface area contributed by atoms with E-state index < -0.39 is 42.6 Å². The maximum atomic E-state index is 14.0. The highest BCUT2D eigenvalue weighted by atomic mass is 35.5. The van der Waals surface area contributed by atoms with Gasteiger partial charge in [-0.05, 0) is 67.1 Å². The van der Waals surface area contributed by atoms with Crippen LogP contribution in [0, 0.1) is 17.8 Å².